The average molecular weight is 283 g/mol. The standard InChI is InChI=1S/C17H21N3O/c1-20-15(8-11-19-20)16(21)18-13-17(9-5-10-17)12-14-6-3-2-4-7-14/h2-4,6-8,11H,5,9-10,12-13H2,1H3,(H,18,21). The molecular weight excluding hydrogens is 262 g/mol. The first kappa shape index (κ1) is 13.9. The van der Waals surface area contributed by atoms with Gasteiger partial charge in [-0.15, -0.1) is 0 Å². The van der Waals surface area contributed by atoms with E-state index in [9.17, 15) is 4.79 Å². The van der Waals surface area contributed by atoms with Gasteiger partial charge in [-0.25, -0.2) is 0 Å². The summed E-state index contributed by atoms with van der Waals surface area (Å²) < 4.78 is 1.61. The third-order valence-corrected chi connectivity index (χ3v) is 4.51. The van der Waals surface area contributed by atoms with E-state index in [1.807, 2.05) is 6.07 Å². The lowest BCUT2D eigenvalue weighted by atomic mass is 9.65. The summed E-state index contributed by atoms with van der Waals surface area (Å²) >= 11 is 0. The summed E-state index contributed by atoms with van der Waals surface area (Å²) in [7, 11) is 1.79. The molecule has 1 N–H and O–H groups in total. The van der Waals surface area contributed by atoms with E-state index >= 15 is 0 Å². The number of benzene rings is 1. The predicted molar refractivity (Wildman–Crippen MR) is 82.0 cm³/mol. The Balaban J connectivity index is 1.62. The first-order chi connectivity index (χ1) is 10.2. The molecule has 0 atom stereocenters. The summed E-state index contributed by atoms with van der Waals surface area (Å²) in [5.41, 5.74) is 2.20. The van der Waals surface area contributed by atoms with Crippen molar-refractivity contribution in [1.29, 1.82) is 0 Å². The number of hydrogen-bond donors (Lipinski definition) is 1. The predicted octanol–water partition coefficient (Wildman–Crippen LogP) is 2.56. The van der Waals surface area contributed by atoms with Gasteiger partial charge in [-0.05, 0) is 36.3 Å². The first-order valence-corrected chi connectivity index (χ1v) is 7.49. The van der Waals surface area contributed by atoms with E-state index < -0.39 is 0 Å². The van der Waals surface area contributed by atoms with Crippen LogP contribution in [0.4, 0.5) is 0 Å². The lowest BCUT2D eigenvalue weighted by Crippen LogP contribution is -2.44. The molecule has 0 radical (unpaired) electrons. The Kier molecular flexibility index (Phi) is 3.78. The number of rotatable bonds is 5. The van der Waals surface area contributed by atoms with Crippen molar-refractivity contribution in [3.63, 3.8) is 0 Å². The molecule has 1 aliphatic rings. The van der Waals surface area contributed by atoms with Crippen molar-refractivity contribution in [3.8, 4) is 0 Å². The molecule has 1 amide bonds. The monoisotopic (exact) mass is 283 g/mol. The van der Waals surface area contributed by atoms with Gasteiger partial charge < -0.3 is 5.32 Å². The fourth-order valence-corrected chi connectivity index (χ4v) is 3.08. The highest BCUT2D eigenvalue weighted by Crippen LogP contribution is 2.43. The number of hydrogen-bond acceptors (Lipinski definition) is 2. The second-order valence-electron chi connectivity index (χ2n) is 6.04. The maximum Gasteiger partial charge on any atom is 0.269 e. The third-order valence-electron chi connectivity index (χ3n) is 4.51. The van der Waals surface area contributed by atoms with Crippen LogP contribution in [0.25, 0.3) is 0 Å². The van der Waals surface area contributed by atoms with Crippen LogP contribution in [0.15, 0.2) is 42.6 Å². The third kappa shape index (κ3) is 2.99. The van der Waals surface area contributed by atoms with Crippen LogP contribution in [-0.4, -0.2) is 22.2 Å². The summed E-state index contributed by atoms with van der Waals surface area (Å²) in [6.45, 7) is 0.742. The summed E-state index contributed by atoms with van der Waals surface area (Å²) in [6.07, 6.45) is 6.33. The number of aromatic nitrogens is 2. The lowest BCUT2D eigenvalue weighted by Gasteiger charge is -2.42. The normalized spacial score (nSPS) is 16.2. The number of carbonyl (C=O) groups excluding carboxylic acids is 1. The SMILES string of the molecule is Cn1nccc1C(=O)NCC1(Cc2ccccc2)CCC1. The fourth-order valence-electron chi connectivity index (χ4n) is 3.08. The van der Waals surface area contributed by atoms with Crippen molar-refractivity contribution < 1.29 is 4.79 Å². The molecular formula is C17H21N3O. The van der Waals surface area contributed by atoms with E-state index in [2.05, 4.69) is 34.7 Å². The Hall–Kier alpha value is -2.10. The Morgan fingerprint density at radius 3 is 2.62 bits per heavy atom. The zero-order valence-corrected chi connectivity index (χ0v) is 12.4. The maximum absolute atomic E-state index is 12.2. The molecule has 0 aliphatic heterocycles. The molecule has 0 spiro atoms. The minimum atomic E-state index is -0.0330. The maximum atomic E-state index is 12.2. The van der Waals surface area contributed by atoms with Gasteiger partial charge in [-0.1, -0.05) is 36.8 Å². The van der Waals surface area contributed by atoms with Crippen molar-refractivity contribution >= 4 is 5.91 Å². The molecule has 0 saturated heterocycles. The topological polar surface area (TPSA) is 46.9 Å². The number of nitrogens with one attached hydrogen (secondary N) is 1. The molecule has 1 aromatic carbocycles. The van der Waals surface area contributed by atoms with Gasteiger partial charge in [0.05, 0.1) is 0 Å². The Morgan fingerprint density at radius 2 is 2.05 bits per heavy atom. The van der Waals surface area contributed by atoms with Gasteiger partial charge >= 0.3 is 0 Å². The smallest absolute Gasteiger partial charge is 0.269 e. The largest absolute Gasteiger partial charge is 0.350 e. The quantitative estimate of drug-likeness (QED) is 0.916. The van der Waals surface area contributed by atoms with E-state index in [4.69, 9.17) is 0 Å². The lowest BCUT2D eigenvalue weighted by molar-refractivity contribution is 0.0851. The molecule has 1 saturated carbocycles. The zero-order chi connectivity index (χ0) is 14.7. The van der Waals surface area contributed by atoms with E-state index in [-0.39, 0.29) is 11.3 Å². The van der Waals surface area contributed by atoms with Crippen LogP contribution in [0, 0.1) is 5.41 Å². The molecule has 0 unspecified atom stereocenters. The van der Waals surface area contributed by atoms with Crippen LogP contribution in [0.2, 0.25) is 0 Å². The number of amides is 1. The van der Waals surface area contributed by atoms with Crippen LogP contribution in [0.5, 0.6) is 0 Å². The molecule has 0 bridgehead atoms. The van der Waals surface area contributed by atoms with Crippen LogP contribution in [-0.2, 0) is 13.5 Å². The summed E-state index contributed by atoms with van der Waals surface area (Å²) in [4.78, 5) is 12.2. The minimum absolute atomic E-state index is 0.0330. The van der Waals surface area contributed by atoms with Crippen LogP contribution in [0.1, 0.15) is 35.3 Å². The highest BCUT2D eigenvalue weighted by Gasteiger charge is 2.37. The molecule has 4 nitrogen and oxygen atoms in total. The summed E-state index contributed by atoms with van der Waals surface area (Å²) in [5.74, 6) is -0.0330. The van der Waals surface area contributed by atoms with Crippen molar-refractivity contribution in [2.24, 2.45) is 12.5 Å². The molecule has 1 heterocycles. The second-order valence-corrected chi connectivity index (χ2v) is 6.04. The van der Waals surface area contributed by atoms with Crippen molar-refractivity contribution in [2.75, 3.05) is 6.54 Å². The van der Waals surface area contributed by atoms with E-state index in [1.165, 1.54) is 24.8 Å². The minimum Gasteiger partial charge on any atom is -0.350 e. The Bertz CT molecular complexity index is 614. The van der Waals surface area contributed by atoms with Crippen molar-refractivity contribution in [2.45, 2.75) is 25.7 Å². The van der Waals surface area contributed by atoms with Crippen LogP contribution < -0.4 is 5.32 Å². The van der Waals surface area contributed by atoms with Crippen molar-refractivity contribution in [3.05, 3.63) is 53.9 Å². The summed E-state index contributed by atoms with van der Waals surface area (Å²) in [5, 5.41) is 7.13. The van der Waals surface area contributed by atoms with E-state index in [0.29, 0.717) is 5.69 Å². The van der Waals surface area contributed by atoms with Crippen LogP contribution in [0.3, 0.4) is 0 Å². The molecule has 1 fully saturated rings. The fraction of sp³-hybridized carbons (Fsp3) is 0.412. The van der Waals surface area contributed by atoms with Gasteiger partial charge in [-0.3, -0.25) is 9.48 Å². The van der Waals surface area contributed by atoms with Gasteiger partial charge in [0.2, 0.25) is 0 Å². The molecule has 3 rings (SSSR count). The number of nitrogens with zero attached hydrogens (tertiary/aromatic N) is 2. The average Bonchev–Trinajstić information content (AvgIpc) is 2.89. The van der Waals surface area contributed by atoms with Crippen LogP contribution >= 0.6 is 0 Å². The van der Waals surface area contributed by atoms with E-state index in [1.54, 1.807) is 24.0 Å². The molecule has 1 aromatic heterocycles. The number of aryl methyl sites for hydroxylation is 1. The van der Waals surface area contributed by atoms with Gasteiger partial charge in [-0.2, -0.15) is 5.10 Å². The Morgan fingerprint density at radius 1 is 1.29 bits per heavy atom. The van der Waals surface area contributed by atoms with E-state index in [0.717, 1.165) is 13.0 Å². The van der Waals surface area contributed by atoms with Crippen molar-refractivity contribution in [1.82, 2.24) is 15.1 Å². The molecule has 21 heavy (non-hydrogen) atoms. The molecule has 4 heteroatoms. The van der Waals surface area contributed by atoms with Gasteiger partial charge in [0.1, 0.15) is 5.69 Å². The molecule has 110 valence electrons. The van der Waals surface area contributed by atoms with Gasteiger partial charge in [0.25, 0.3) is 5.91 Å². The number of carbonyl (C=O) groups is 1. The first-order valence-electron chi connectivity index (χ1n) is 7.49. The zero-order valence-electron chi connectivity index (χ0n) is 12.4. The Labute approximate surface area is 125 Å². The molecule has 2 aromatic rings. The van der Waals surface area contributed by atoms with Gasteiger partial charge in [0, 0.05) is 19.8 Å². The summed E-state index contributed by atoms with van der Waals surface area (Å²) in [6, 6.07) is 12.3. The second kappa shape index (κ2) is 5.72. The highest BCUT2D eigenvalue weighted by atomic mass is 16.2. The highest BCUT2D eigenvalue weighted by molar-refractivity contribution is 5.92. The molecule has 1 aliphatic carbocycles. The van der Waals surface area contributed by atoms with Gasteiger partial charge in [0.15, 0.2) is 0 Å².